The van der Waals surface area contributed by atoms with Gasteiger partial charge in [-0.2, -0.15) is 13.2 Å². The highest BCUT2D eigenvalue weighted by atomic mass is 32.1. The van der Waals surface area contributed by atoms with Crippen LogP contribution in [-0.4, -0.2) is 22.9 Å². The Balaban J connectivity index is 2.27. The third kappa shape index (κ3) is 5.04. The van der Waals surface area contributed by atoms with Crippen molar-refractivity contribution in [3.63, 3.8) is 0 Å². The van der Waals surface area contributed by atoms with Crippen LogP contribution in [0.25, 0.3) is 0 Å². The zero-order chi connectivity index (χ0) is 16.9. The van der Waals surface area contributed by atoms with Crippen molar-refractivity contribution >= 4 is 17.3 Å². The Bertz CT molecular complexity index is 629. The molecule has 0 aliphatic rings. The van der Waals surface area contributed by atoms with Gasteiger partial charge in [0.05, 0.1) is 12.0 Å². The van der Waals surface area contributed by atoms with Gasteiger partial charge in [0.2, 0.25) is 0 Å². The van der Waals surface area contributed by atoms with Crippen LogP contribution in [0, 0.1) is 0 Å². The van der Waals surface area contributed by atoms with E-state index in [0.717, 1.165) is 0 Å². The lowest BCUT2D eigenvalue weighted by molar-refractivity contribution is -0.156. The van der Waals surface area contributed by atoms with Crippen molar-refractivity contribution in [1.82, 2.24) is 0 Å². The fourth-order valence-corrected chi connectivity index (χ4v) is 2.52. The number of benzene rings is 2. The molecule has 2 atom stereocenters. The van der Waals surface area contributed by atoms with Crippen LogP contribution in [0.1, 0.15) is 23.1 Å². The first-order valence-corrected chi connectivity index (χ1v) is 7.30. The summed E-state index contributed by atoms with van der Waals surface area (Å²) in [6.07, 6.45) is -5.58. The standard InChI is InChI=1S/C17H15F3O2S/c18-17(19,20)11-22-16(23)14(12-7-3-1-4-8-12)15(21)13-9-5-2-6-10-13/h1-10,14-15,21H,11H2/t14-,15+/m0/s1. The van der Waals surface area contributed by atoms with Gasteiger partial charge in [0.25, 0.3) is 0 Å². The Morgan fingerprint density at radius 1 is 0.957 bits per heavy atom. The number of ether oxygens (including phenoxy) is 1. The molecule has 2 rings (SSSR count). The largest absolute Gasteiger partial charge is 0.477 e. The van der Waals surface area contributed by atoms with Gasteiger partial charge in [-0.3, -0.25) is 0 Å². The van der Waals surface area contributed by atoms with Gasteiger partial charge in [0.1, 0.15) is 0 Å². The molecule has 2 aromatic rings. The van der Waals surface area contributed by atoms with E-state index in [1.54, 1.807) is 60.7 Å². The summed E-state index contributed by atoms with van der Waals surface area (Å²) in [5.41, 5.74) is 1.15. The van der Waals surface area contributed by atoms with Gasteiger partial charge in [-0.05, 0) is 23.3 Å². The van der Waals surface area contributed by atoms with E-state index in [1.807, 2.05) is 0 Å². The summed E-state index contributed by atoms with van der Waals surface area (Å²) < 4.78 is 41.8. The Kier molecular flexibility index (Phi) is 5.74. The van der Waals surface area contributed by atoms with Crippen molar-refractivity contribution in [3.8, 4) is 0 Å². The van der Waals surface area contributed by atoms with E-state index in [0.29, 0.717) is 11.1 Å². The summed E-state index contributed by atoms with van der Waals surface area (Å²) in [6.45, 7) is -1.48. The highest BCUT2D eigenvalue weighted by molar-refractivity contribution is 7.80. The van der Waals surface area contributed by atoms with E-state index in [9.17, 15) is 18.3 Å². The molecule has 23 heavy (non-hydrogen) atoms. The molecule has 0 bridgehead atoms. The fraction of sp³-hybridized carbons (Fsp3) is 0.235. The maximum atomic E-state index is 12.4. The van der Waals surface area contributed by atoms with Crippen LogP contribution in [-0.2, 0) is 4.74 Å². The third-order valence-electron chi connectivity index (χ3n) is 3.25. The van der Waals surface area contributed by atoms with Gasteiger partial charge in [-0.1, -0.05) is 60.7 Å². The van der Waals surface area contributed by atoms with E-state index < -0.39 is 24.8 Å². The highest BCUT2D eigenvalue weighted by Crippen LogP contribution is 2.33. The Morgan fingerprint density at radius 2 is 1.43 bits per heavy atom. The zero-order valence-corrected chi connectivity index (χ0v) is 12.8. The second-order valence-corrected chi connectivity index (χ2v) is 5.37. The Morgan fingerprint density at radius 3 is 1.91 bits per heavy atom. The molecule has 0 saturated carbocycles. The molecule has 2 aromatic carbocycles. The number of hydrogen-bond donors (Lipinski definition) is 1. The topological polar surface area (TPSA) is 29.5 Å². The quantitative estimate of drug-likeness (QED) is 0.818. The van der Waals surface area contributed by atoms with Crippen molar-refractivity contribution < 1.29 is 23.0 Å². The molecule has 2 nitrogen and oxygen atoms in total. The zero-order valence-electron chi connectivity index (χ0n) is 12.0. The second kappa shape index (κ2) is 7.57. The summed E-state index contributed by atoms with van der Waals surface area (Å²) in [7, 11) is 0. The van der Waals surface area contributed by atoms with Crippen LogP contribution >= 0.6 is 12.2 Å². The van der Waals surface area contributed by atoms with Crippen LogP contribution < -0.4 is 0 Å². The minimum absolute atomic E-state index is 0.287. The van der Waals surface area contributed by atoms with Gasteiger partial charge in [0, 0.05) is 0 Å². The minimum atomic E-state index is -4.48. The summed E-state index contributed by atoms with van der Waals surface area (Å²) in [5, 5.41) is 10.3. The molecule has 0 aromatic heterocycles. The number of rotatable bonds is 5. The Hall–Kier alpha value is -1.92. The van der Waals surface area contributed by atoms with Gasteiger partial charge < -0.3 is 9.84 Å². The lowest BCUT2D eigenvalue weighted by Crippen LogP contribution is -2.26. The third-order valence-corrected chi connectivity index (χ3v) is 3.62. The van der Waals surface area contributed by atoms with E-state index in [1.165, 1.54) is 0 Å². The molecular weight excluding hydrogens is 325 g/mol. The first kappa shape index (κ1) is 17.4. The number of thiocarbonyl (C=S) groups is 1. The molecule has 0 amide bonds. The molecule has 0 unspecified atom stereocenters. The number of alkyl halides is 3. The normalized spacial score (nSPS) is 14.1. The fourth-order valence-electron chi connectivity index (χ4n) is 2.19. The van der Waals surface area contributed by atoms with Crippen molar-refractivity contribution in [2.24, 2.45) is 0 Å². The van der Waals surface area contributed by atoms with E-state index in [4.69, 9.17) is 17.0 Å². The monoisotopic (exact) mass is 340 g/mol. The van der Waals surface area contributed by atoms with Crippen molar-refractivity contribution in [1.29, 1.82) is 0 Å². The molecular formula is C17H15F3O2S. The molecule has 122 valence electrons. The van der Waals surface area contributed by atoms with E-state index >= 15 is 0 Å². The van der Waals surface area contributed by atoms with E-state index in [2.05, 4.69) is 0 Å². The average molecular weight is 340 g/mol. The van der Waals surface area contributed by atoms with Crippen LogP contribution in [0.3, 0.4) is 0 Å². The predicted octanol–water partition coefficient (Wildman–Crippen LogP) is 4.41. The lowest BCUT2D eigenvalue weighted by atomic mass is 9.89. The summed E-state index contributed by atoms with van der Waals surface area (Å²) in [6, 6.07) is 17.3. The van der Waals surface area contributed by atoms with E-state index in [-0.39, 0.29) is 5.05 Å². The average Bonchev–Trinajstić information content (AvgIpc) is 2.54. The van der Waals surface area contributed by atoms with Crippen LogP contribution in [0.2, 0.25) is 0 Å². The molecule has 0 fully saturated rings. The molecule has 0 aliphatic carbocycles. The SMILES string of the molecule is O[C@H](c1ccccc1)[C@@H](C(=S)OCC(F)(F)F)c1ccccc1. The van der Waals surface area contributed by atoms with Crippen LogP contribution in [0.4, 0.5) is 13.2 Å². The minimum Gasteiger partial charge on any atom is -0.477 e. The van der Waals surface area contributed by atoms with Crippen LogP contribution in [0.5, 0.6) is 0 Å². The molecule has 0 saturated heterocycles. The Labute approximate surface area is 137 Å². The lowest BCUT2D eigenvalue weighted by Gasteiger charge is -2.25. The first-order valence-electron chi connectivity index (χ1n) is 6.90. The number of halogens is 3. The predicted molar refractivity (Wildman–Crippen MR) is 85.2 cm³/mol. The van der Waals surface area contributed by atoms with Crippen molar-refractivity contribution in [2.45, 2.75) is 18.2 Å². The molecule has 0 spiro atoms. The first-order chi connectivity index (χ1) is 10.9. The number of hydrogen-bond acceptors (Lipinski definition) is 3. The molecule has 6 heteroatoms. The molecule has 0 aliphatic heterocycles. The van der Waals surface area contributed by atoms with Crippen molar-refractivity contribution in [3.05, 3.63) is 71.8 Å². The van der Waals surface area contributed by atoms with Gasteiger partial charge in [0.15, 0.2) is 11.7 Å². The molecule has 0 heterocycles. The molecule has 0 radical (unpaired) electrons. The van der Waals surface area contributed by atoms with Gasteiger partial charge >= 0.3 is 6.18 Å². The van der Waals surface area contributed by atoms with Gasteiger partial charge in [-0.25, -0.2) is 0 Å². The smallest absolute Gasteiger partial charge is 0.422 e. The van der Waals surface area contributed by atoms with Crippen LogP contribution in [0.15, 0.2) is 60.7 Å². The maximum absolute atomic E-state index is 12.4. The second-order valence-electron chi connectivity index (χ2n) is 4.97. The summed E-state index contributed by atoms with van der Waals surface area (Å²) in [5.74, 6) is -0.865. The molecule has 1 N–H and O–H groups in total. The maximum Gasteiger partial charge on any atom is 0.422 e. The highest BCUT2D eigenvalue weighted by Gasteiger charge is 2.33. The summed E-state index contributed by atoms with van der Waals surface area (Å²) in [4.78, 5) is 0. The number of aliphatic hydroxyl groups is 1. The van der Waals surface area contributed by atoms with Gasteiger partial charge in [-0.15, -0.1) is 0 Å². The number of aliphatic hydroxyl groups excluding tert-OH is 1. The summed E-state index contributed by atoms with van der Waals surface area (Å²) >= 11 is 5.02. The van der Waals surface area contributed by atoms with Crippen molar-refractivity contribution in [2.75, 3.05) is 6.61 Å².